The van der Waals surface area contributed by atoms with Crippen molar-refractivity contribution in [3.8, 4) is 0 Å². The molecule has 0 radical (unpaired) electrons. The molecule has 1 aromatic rings. The molecule has 0 spiro atoms. The van der Waals surface area contributed by atoms with Crippen LogP contribution in [0.2, 0.25) is 0 Å². The van der Waals surface area contributed by atoms with Gasteiger partial charge >= 0.3 is 5.97 Å². The summed E-state index contributed by atoms with van der Waals surface area (Å²) >= 11 is 0. The first-order chi connectivity index (χ1) is 8.56. The van der Waals surface area contributed by atoms with Crippen molar-refractivity contribution in [2.24, 2.45) is 0 Å². The van der Waals surface area contributed by atoms with Gasteiger partial charge in [-0.3, -0.25) is 4.90 Å². The van der Waals surface area contributed by atoms with Gasteiger partial charge in [-0.25, -0.2) is 4.79 Å². The Hall–Kier alpha value is -1.33. The molecule has 1 aliphatic rings. The van der Waals surface area contributed by atoms with Crippen LogP contribution in [0.15, 0.2) is 10.5 Å². The maximum atomic E-state index is 10.9. The third-order valence-electron chi connectivity index (χ3n) is 3.16. The first kappa shape index (κ1) is 13.1. The second-order valence-corrected chi connectivity index (χ2v) is 4.82. The molecule has 1 atom stereocenters. The number of carboxylic acid groups (broad SMARTS) is 1. The number of aromatic carboxylic acids is 1. The van der Waals surface area contributed by atoms with Crippen molar-refractivity contribution in [3.63, 3.8) is 0 Å². The van der Waals surface area contributed by atoms with Crippen LogP contribution in [0, 0.1) is 6.92 Å². The Labute approximate surface area is 106 Å². The SMILES string of the molecule is Cc1oc(CN(C)CC2CCCO2)cc1C(=O)O. The maximum absolute atomic E-state index is 10.9. The minimum Gasteiger partial charge on any atom is -0.478 e. The van der Waals surface area contributed by atoms with E-state index in [1.165, 1.54) is 0 Å². The van der Waals surface area contributed by atoms with Crippen molar-refractivity contribution < 1.29 is 19.1 Å². The van der Waals surface area contributed by atoms with Gasteiger partial charge in [-0.1, -0.05) is 0 Å². The second-order valence-electron chi connectivity index (χ2n) is 4.82. The molecule has 1 aromatic heterocycles. The topological polar surface area (TPSA) is 62.9 Å². The van der Waals surface area contributed by atoms with E-state index in [0.29, 0.717) is 24.2 Å². The third-order valence-corrected chi connectivity index (χ3v) is 3.16. The van der Waals surface area contributed by atoms with Crippen LogP contribution < -0.4 is 0 Å². The Morgan fingerprint density at radius 1 is 1.61 bits per heavy atom. The molecule has 2 rings (SSSR count). The van der Waals surface area contributed by atoms with E-state index in [0.717, 1.165) is 26.0 Å². The van der Waals surface area contributed by atoms with E-state index in [-0.39, 0.29) is 5.56 Å². The molecule has 5 heteroatoms. The highest BCUT2D eigenvalue weighted by Crippen LogP contribution is 2.18. The maximum Gasteiger partial charge on any atom is 0.339 e. The molecule has 1 fully saturated rings. The van der Waals surface area contributed by atoms with Crippen molar-refractivity contribution in [1.29, 1.82) is 0 Å². The average Bonchev–Trinajstić information content (AvgIpc) is 2.88. The third kappa shape index (κ3) is 3.11. The molecule has 0 aliphatic carbocycles. The monoisotopic (exact) mass is 253 g/mol. The lowest BCUT2D eigenvalue weighted by Crippen LogP contribution is -2.28. The molecule has 0 bridgehead atoms. The van der Waals surface area contributed by atoms with Gasteiger partial charge in [-0.2, -0.15) is 0 Å². The molecular formula is C13H19NO4. The summed E-state index contributed by atoms with van der Waals surface area (Å²) in [7, 11) is 1.99. The summed E-state index contributed by atoms with van der Waals surface area (Å²) in [5.41, 5.74) is 0.246. The number of likely N-dealkylation sites (N-methyl/N-ethyl adjacent to an activating group) is 1. The fourth-order valence-electron chi connectivity index (χ4n) is 2.30. The lowest BCUT2D eigenvalue weighted by Gasteiger charge is -2.19. The Morgan fingerprint density at radius 2 is 2.39 bits per heavy atom. The molecule has 1 unspecified atom stereocenters. The van der Waals surface area contributed by atoms with E-state index in [4.69, 9.17) is 14.3 Å². The molecule has 1 aliphatic heterocycles. The molecular weight excluding hydrogens is 234 g/mol. The first-order valence-electron chi connectivity index (χ1n) is 6.19. The number of aryl methyl sites for hydroxylation is 1. The molecule has 0 amide bonds. The van der Waals surface area contributed by atoms with Gasteiger partial charge in [0.15, 0.2) is 0 Å². The minimum atomic E-state index is -0.940. The number of carboxylic acids is 1. The van der Waals surface area contributed by atoms with Gasteiger partial charge in [0.1, 0.15) is 17.1 Å². The summed E-state index contributed by atoms with van der Waals surface area (Å²) in [6, 6.07) is 1.60. The summed E-state index contributed by atoms with van der Waals surface area (Å²) in [6.45, 7) is 3.98. The number of hydrogen-bond donors (Lipinski definition) is 1. The molecule has 0 saturated carbocycles. The van der Waals surface area contributed by atoms with Crippen molar-refractivity contribution in [2.45, 2.75) is 32.4 Å². The largest absolute Gasteiger partial charge is 0.478 e. The van der Waals surface area contributed by atoms with Gasteiger partial charge in [-0.15, -0.1) is 0 Å². The lowest BCUT2D eigenvalue weighted by molar-refractivity contribution is 0.0695. The summed E-state index contributed by atoms with van der Waals surface area (Å²) in [5.74, 6) is 0.206. The van der Waals surface area contributed by atoms with E-state index in [9.17, 15) is 4.79 Å². The van der Waals surface area contributed by atoms with Gasteiger partial charge in [0.2, 0.25) is 0 Å². The Morgan fingerprint density at radius 3 is 2.94 bits per heavy atom. The summed E-state index contributed by atoms with van der Waals surface area (Å²) in [4.78, 5) is 13.0. The zero-order valence-corrected chi connectivity index (χ0v) is 10.8. The fraction of sp³-hybridized carbons (Fsp3) is 0.615. The normalized spacial score (nSPS) is 19.6. The summed E-state index contributed by atoms with van der Waals surface area (Å²) in [5, 5.41) is 8.95. The highest BCUT2D eigenvalue weighted by atomic mass is 16.5. The Kier molecular flexibility index (Phi) is 4.04. The molecule has 1 saturated heterocycles. The predicted octanol–water partition coefficient (Wildman–Crippen LogP) is 1.90. The number of rotatable bonds is 5. The first-order valence-corrected chi connectivity index (χ1v) is 6.19. The molecule has 5 nitrogen and oxygen atoms in total. The number of carbonyl (C=O) groups is 1. The van der Waals surface area contributed by atoms with Gasteiger partial charge in [0.25, 0.3) is 0 Å². The van der Waals surface area contributed by atoms with Crippen LogP contribution in [-0.4, -0.2) is 42.3 Å². The van der Waals surface area contributed by atoms with Crippen LogP contribution in [0.3, 0.4) is 0 Å². The van der Waals surface area contributed by atoms with E-state index in [1.54, 1.807) is 13.0 Å². The summed E-state index contributed by atoms with van der Waals surface area (Å²) in [6.07, 6.45) is 2.52. The Bertz CT molecular complexity index is 421. The number of ether oxygens (including phenoxy) is 1. The number of furan rings is 1. The van der Waals surface area contributed by atoms with Crippen molar-refractivity contribution >= 4 is 5.97 Å². The summed E-state index contributed by atoms with van der Waals surface area (Å²) < 4.78 is 11.0. The number of hydrogen-bond acceptors (Lipinski definition) is 4. The van der Waals surface area contributed by atoms with E-state index < -0.39 is 5.97 Å². The zero-order valence-electron chi connectivity index (χ0n) is 10.8. The quantitative estimate of drug-likeness (QED) is 0.868. The highest BCUT2D eigenvalue weighted by Gasteiger charge is 2.19. The van der Waals surface area contributed by atoms with Gasteiger partial charge in [0.05, 0.1) is 12.6 Å². The van der Waals surface area contributed by atoms with Crippen LogP contribution >= 0.6 is 0 Å². The number of nitrogens with zero attached hydrogens (tertiary/aromatic N) is 1. The van der Waals surface area contributed by atoms with Crippen LogP contribution in [0.25, 0.3) is 0 Å². The standard InChI is InChI=1S/C13H19NO4/c1-9-12(13(15)16)6-11(18-9)8-14(2)7-10-4-3-5-17-10/h6,10H,3-5,7-8H2,1-2H3,(H,15,16). The van der Waals surface area contributed by atoms with Crippen molar-refractivity contribution in [1.82, 2.24) is 4.90 Å². The molecule has 18 heavy (non-hydrogen) atoms. The highest BCUT2D eigenvalue weighted by molar-refractivity contribution is 5.88. The Balaban J connectivity index is 1.91. The van der Waals surface area contributed by atoms with E-state index in [1.807, 2.05) is 7.05 Å². The zero-order chi connectivity index (χ0) is 13.1. The van der Waals surface area contributed by atoms with Gasteiger partial charge in [0, 0.05) is 13.2 Å². The van der Waals surface area contributed by atoms with Crippen molar-refractivity contribution in [3.05, 3.63) is 23.2 Å². The minimum absolute atomic E-state index is 0.246. The lowest BCUT2D eigenvalue weighted by atomic mass is 10.2. The average molecular weight is 253 g/mol. The fourth-order valence-corrected chi connectivity index (χ4v) is 2.30. The van der Waals surface area contributed by atoms with Gasteiger partial charge < -0.3 is 14.3 Å². The molecule has 100 valence electrons. The van der Waals surface area contributed by atoms with Crippen LogP contribution in [-0.2, 0) is 11.3 Å². The molecule has 2 heterocycles. The van der Waals surface area contributed by atoms with Crippen LogP contribution in [0.4, 0.5) is 0 Å². The van der Waals surface area contributed by atoms with E-state index >= 15 is 0 Å². The molecule has 1 N–H and O–H groups in total. The van der Waals surface area contributed by atoms with Crippen molar-refractivity contribution in [2.75, 3.05) is 20.2 Å². The van der Waals surface area contributed by atoms with Crippen LogP contribution in [0.1, 0.15) is 34.7 Å². The second kappa shape index (κ2) is 5.54. The smallest absolute Gasteiger partial charge is 0.339 e. The van der Waals surface area contributed by atoms with Crippen LogP contribution in [0.5, 0.6) is 0 Å². The predicted molar refractivity (Wildman–Crippen MR) is 65.7 cm³/mol. The molecule has 0 aromatic carbocycles. The van der Waals surface area contributed by atoms with Gasteiger partial charge in [-0.05, 0) is 32.9 Å². The van der Waals surface area contributed by atoms with E-state index in [2.05, 4.69) is 4.90 Å².